The Balaban J connectivity index is 1.72. The number of carbonyl (C=O) groups excluding carboxylic acids is 1. The van der Waals surface area contributed by atoms with Crippen LogP contribution in [0.5, 0.6) is 11.5 Å². The van der Waals surface area contributed by atoms with Crippen LogP contribution in [0.1, 0.15) is 5.56 Å². The van der Waals surface area contributed by atoms with Crippen LogP contribution in [0.4, 0.5) is 5.69 Å². The number of hydrogen-bond acceptors (Lipinski definition) is 3. The van der Waals surface area contributed by atoms with Crippen molar-refractivity contribution in [2.24, 2.45) is 5.92 Å². The summed E-state index contributed by atoms with van der Waals surface area (Å²) < 4.78 is 5.60. The monoisotopic (exact) mass is 269 g/mol. The minimum absolute atomic E-state index is 0.0676. The molecule has 0 spiro atoms. The Morgan fingerprint density at radius 1 is 1.15 bits per heavy atom. The van der Waals surface area contributed by atoms with E-state index >= 15 is 0 Å². The molecule has 1 atom stereocenters. The van der Waals surface area contributed by atoms with E-state index in [4.69, 9.17) is 4.74 Å². The molecular formula is C16H15NO3. The van der Waals surface area contributed by atoms with E-state index in [1.807, 2.05) is 24.3 Å². The Bertz CT molecular complexity index is 639. The van der Waals surface area contributed by atoms with E-state index in [2.05, 4.69) is 5.32 Å². The molecule has 0 fully saturated rings. The van der Waals surface area contributed by atoms with E-state index in [-0.39, 0.29) is 17.6 Å². The number of phenols is 1. The third-order valence-electron chi connectivity index (χ3n) is 3.41. The first-order valence-electron chi connectivity index (χ1n) is 6.53. The van der Waals surface area contributed by atoms with Gasteiger partial charge >= 0.3 is 0 Å². The van der Waals surface area contributed by atoms with Crippen LogP contribution in [0.15, 0.2) is 48.5 Å². The lowest BCUT2D eigenvalue weighted by Crippen LogP contribution is -2.32. The molecule has 1 amide bonds. The lowest BCUT2D eigenvalue weighted by Gasteiger charge is -2.24. The molecule has 20 heavy (non-hydrogen) atoms. The largest absolute Gasteiger partial charge is 0.506 e. The predicted molar refractivity (Wildman–Crippen MR) is 75.9 cm³/mol. The van der Waals surface area contributed by atoms with E-state index in [0.29, 0.717) is 18.7 Å². The van der Waals surface area contributed by atoms with Crippen molar-refractivity contribution in [3.63, 3.8) is 0 Å². The number of amides is 1. The van der Waals surface area contributed by atoms with Gasteiger partial charge in [0.15, 0.2) is 0 Å². The normalized spacial score (nSPS) is 16.9. The maximum atomic E-state index is 12.2. The van der Waals surface area contributed by atoms with Gasteiger partial charge in [-0.15, -0.1) is 0 Å². The summed E-state index contributed by atoms with van der Waals surface area (Å²) in [4.78, 5) is 12.2. The fourth-order valence-electron chi connectivity index (χ4n) is 2.31. The van der Waals surface area contributed by atoms with E-state index in [9.17, 15) is 9.90 Å². The molecule has 0 radical (unpaired) electrons. The van der Waals surface area contributed by atoms with Crippen molar-refractivity contribution in [3.05, 3.63) is 54.1 Å². The van der Waals surface area contributed by atoms with E-state index in [1.54, 1.807) is 24.3 Å². The summed E-state index contributed by atoms with van der Waals surface area (Å²) >= 11 is 0. The molecule has 1 aliphatic heterocycles. The van der Waals surface area contributed by atoms with Gasteiger partial charge in [-0.05, 0) is 30.2 Å². The number of aromatic hydroxyl groups is 1. The van der Waals surface area contributed by atoms with Crippen molar-refractivity contribution in [1.29, 1.82) is 0 Å². The SMILES string of the molecule is O=C(Nc1ccccc1O)[C@@H]1COc2ccccc2C1. The second-order valence-corrected chi connectivity index (χ2v) is 4.83. The van der Waals surface area contributed by atoms with Crippen LogP contribution in [0, 0.1) is 5.92 Å². The zero-order chi connectivity index (χ0) is 13.9. The van der Waals surface area contributed by atoms with Gasteiger partial charge in [0, 0.05) is 0 Å². The fraction of sp³-hybridized carbons (Fsp3) is 0.188. The highest BCUT2D eigenvalue weighted by Crippen LogP contribution is 2.28. The summed E-state index contributed by atoms with van der Waals surface area (Å²) in [6.45, 7) is 0.358. The number of carbonyl (C=O) groups is 1. The second kappa shape index (κ2) is 5.25. The average molecular weight is 269 g/mol. The van der Waals surface area contributed by atoms with Crippen LogP contribution in [0.3, 0.4) is 0 Å². The molecule has 1 heterocycles. The van der Waals surface area contributed by atoms with Crippen molar-refractivity contribution < 1.29 is 14.6 Å². The van der Waals surface area contributed by atoms with Gasteiger partial charge in [-0.25, -0.2) is 0 Å². The minimum atomic E-state index is -0.246. The highest BCUT2D eigenvalue weighted by molar-refractivity contribution is 5.94. The summed E-state index contributed by atoms with van der Waals surface area (Å²) in [7, 11) is 0. The van der Waals surface area contributed by atoms with Crippen molar-refractivity contribution >= 4 is 11.6 Å². The summed E-state index contributed by atoms with van der Waals surface area (Å²) in [5.41, 5.74) is 1.47. The molecule has 0 aromatic heterocycles. The van der Waals surface area contributed by atoms with Gasteiger partial charge in [0.1, 0.15) is 18.1 Å². The minimum Gasteiger partial charge on any atom is -0.506 e. The lowest BCUT2D eigenvalue weighted by atomic mass is 9.96. The Morgan fingerprint density at radius 2 is 1.90 bits per heavy atom. The Morgan fingerprint density at radius 3 is 2.75 bits per heavy atom. The maximum Gasteiger partial charge on any atom is 0.231 e. The molecule has 2 aromatic rings. The highest BCUT2D eigenvalue weighted by Gasteiger charge is 2.26. The van der Waals surface area contributed by atoms with Crippen LogP contribution in [0.2, 0.25) is 0 Å². The lowest BCUT2D eigenvalue weighted by molar-refractivity contribution is -0.121. The number of fused-ring (bicyclic) bond motifs is 1. The first-order chi connectivity index (χ1) is 9.74. The van der Waals surface area contributed by atoms with Crippen molar-refractivity contribution in [2.75, 3.05) is 11.9 Å². The molecule has 0 saturated heterocycles. The Hall–Kier alpha value is -2.49. The number of hydrogen-bond donors (Lipinski definition) is 2. The van der Waals surface area contributed by atoms with Crippen LogP contribution in [0.25, 0.3) is 0 Å². The molecular weight excluding hydrogens is 254 g/mol. The smallest absolute Gasteiger partial charge is 0.231 e. The molecule has 2 N–H and O–H groups in total. The number of rotatable bonds is 2. The maximum absolute atomic E-state index is 12.2. The van der Waals surface area contributed by atoms with E-state index < -0.39 is 0 Å². The number of phenolic OH excluding ortho intramolecular Hbond substituents is 1. The van der Waals surface area contributed by atoms with Crippen LogP contribution < -0.4 is 10.1 Å². The second-order valence-electron chi connectivity index (χ2n) is 4.83. The van der Waals surface area contributed by atoms with Crippen LogP contribution in [-0.4, -0.2) is 17.6 Å². The molecule has 0 bridgehead atoms. The number of ether oxygens (including phenoxy) is 1. The molecule has 4 heteroatoms. The van der Waals surface area contributed by atoms with Crippen LogP contribution >= 0.6 is 0 Å². The van der Waals surface area contributed by atoms with Gasteiger partial charge in [0.25, 0.3) is 0 Å². The third-order valence-corrected chi connectivity index (χ3v) is 3.41. The summed E-state index contributed by atoms with van der Waals surface area (Å²) in [5.74, 6) is 0.530. The van der Waals surface area contributed by atoms with E-state index in [1.165, 1.54) is 0 Å². The first kappa shape index (κ1) is 12.5. The molecule has 3 rings (SSSR count). The standard InChI is InChI=1S/C16H15NO3/c18-14-7-3-2-6-13(14)17-16(19)12-9-11-5-1-4-8-15(11)20-10-12/h1-8,12,18H,9-10H2,(H,17,19)/t12-/m0/s1. The highest BCUT2D eigenvalue weighted by atomic mass is 16.5. The van der Waals surface area contributed by atoms with Crippen molar-refractivity contribution in [2.45, 2.75) is 6.42 Å². The molecule has 102 valence electrons. The fourth-order valence-corrected chi connectivity index (χ4v) is 2.31. The Kier molecular flexibility index (Phi) is 3.29. The zero-order valence-corrected chi connectivity index (χ0v) is 10.9. The van der Waals surface area contributed by atoms with Gasteiger partial charge in [-0.1, -0.05) is 30.3 Å². The van der Waals surface area contributed by atoms with Gasteiger partial charge < -0.3 is 15.2 Å². The summed E-state index contributed by atoms with van der Waals surface area (Å²) in [5, 5.41) is 12.4. The molecule has 0 saturated carbocycles. The molecule has 1 aliphatic rings. The topological polar surface area (TPSA) is 58.6 Å². The average Bonchev–Trinajstić information content (AvgIpc) is 2.49. The molecule has 0 unspecified atom stereocenters. The number of anilines is 1. The molecule has 2 aromatic carbocycles. The third kappa shape index (κ3) is 2.45. The van der Waals surface area contributed by atoms with Gasteiger partial charge in [-0.3, -0.25) is 4.79 Å². The molecule has 4 nitrogen and oxygen atoms in total. The quantitative estimate of drug-likeness (QED) is 0.824. The number of nitrogens with one attached hydrogen (secondary N) is 1. The summed E-state index contributed by atoms with van der Waals surface area (Å²) in [6.07, 6.45) is 0.648. The van der Waals surface area contributed by atoms with Crippen molar-refractivity contribution in [3.8, 4) is 11.5 Å². The van der Waals surface area contributed by atoms with Gasteiger partial charge in [-0.2, -0.15) is 0 Å². The van der Waals surface area contributed by atoms with Crippen LogP contribution in [-0.2, 0) is 11.2 Å². The molecule has 0 aliphatic carbocycles. The van der Waals surface area contributed by atoms with Crippen molar-refractivity contribution in [1.82, 2.24) is 0 Å². The first-order valence-corrected chi connectivity index (χ1v) is 6.53. The predicted octanol–water partition coefficient (Wildman–Crippen LogP) is 2.58. The Labute approximate surface area is 117 Å². The van der Waals surface area contributed by atoms with Gasteiger partial charge in [0.2, 0.25) is 5.91 Å². The zero-order valence-electron chi connectivity index (χ0n) is 10.9. The summed E-state index contributed by atoms with van der Waals surface area (Å²) in [6, 6.07) is 14.4. The number of benzene rings is 2. The number of para-hydroxylation sites is 3. The van der Waals surface area contributed by atoms with E-state index in [0.717, 1.165) is 11.3 Å². The van der Waals surface area contributed by atoms with Gasteiger partial charge in [0.05, 0.1) is 11.6 Å².